The number of nitrogens with zero attached hydrogens (tertiary/aromatic N) is 2. The maximum Gasteiger partial charge on any atom is 0.189 e. The first-order valence-corrected chi connectivity index (χ1v) is 4.56. The summed E-state index contributed by atoms with van der Waals surface area (Å²) in [6.45, 7) is 8.04. The molecule has 0 aromatic rings. The first-order valence-electron chi connectivity index (χ1n) is 4.16. The highest BCUT2D eigenvalue weighted by atomic mass is 32.1. The highest BCUT2D eigenvalue weighted by Gasteiger charge is 2.26. The Balaban J connectivity index is 2.48. The van der Waals surface area contributed by atoms with Gasteiger partial charge in [-0.05, 0) is 19.1 Å². The molecule has 0 radical (unpaired) electrons. The van der Waals surface area contributed by atoms with E-state index in [-0.39, 0.29) is 5.41 Å². The van der Waals surface area contributed by atoms with E-state index in [0.29, 0.717) is 0 Å². The van der Waals surface area contributed by atoms with E-state index in [9.17, 15) is 0 Å². The largest absolute Gasteiger partial charge is 0.361 e. The quantitative estimate of drug-likeness (QED) is 0.622. The Hall–Kier alpha value is -0.640. The summed E-state index contributed by atoms with van der Waals surface area (Å²) in [7, 11) is 0. The molecule has 12 heavy (non-hydrogen) atoms. The third-order valence-electron chi connectivity index (χ3n) is 1.67. The highest BCUT2D eigenvalue weighted by molar-refractivity contribution is 7.80. The zero-order valence-electron chi connectivity index (χ0n) is 7.79. The van der Waals surface area contributed by atoms with Crippen LogP contribution in [0.4, 0.5) is 0 Å². The van der Waals surface area contributed by atoms with Gasteiger partial charge >= 0.3 is 0 Å². The summed E-state index contributed by atoms with van der Waals surface area (Å²) in [6, 6.07) is 0. The molecule has 4 heteroatoms. The average Bonchev–Trinajstić information content (AvgIpc) is 2.31. The van der Waals surface area contributed by atoms with Crippen molar-refractivity contribution in [2.75, 3.05) is 13.1 Å². The van der Waals surface area contributed by atoms with Crippen molar-refractivity contribution in [3.8, 4) is 0 Å². The minimum Gasteiger partial charge on any atom is -0.361 e. The van der Waals surface area contributed by atoms with Gasteiger partial charge in [-0.15, -0.1) is 0 Å². The molecule has 1 aliphatic rings. The van der Waals surface area contributed by atoms with Crippen molar-refractivity contribution in [3.63, 3.8) is 0 Å². The van der Waals surface area contributed by atoms with Crippen molar-refractivity contribution in [1.29, 1.82) is 0 Å². The fourth-order valence-corrected chi connectivity index (χ4v) is 1.32. The van der Waals surface area contributed by atoms with Crippen LogP contribution in [-0.4, -0.2) is 29.4 Å². The monoisotopic (exact) mass is 185 g/mol. The smallest absolute Gasteiger partial charge is 0.189 e. The molecule has 0 amide bonds. The second kappa shape index (κ2) is 3.39. The van der Waals surface area contributed by atoms with Gasteiger partial charge in [0.25, 0.3) is 0 Å². The van der Waals surface area contributed by atoms with Gasteiger partial charge in [-0.2, -0.15) is 5.10 Å². The molecule has 3 nitrogen and oxygen atoms in total. The third-order valence-corrected chi connectivity index (χ3v) is 2.02. The summed E-state index contributed by atoms with van der Waals surface area (Å²) in [4.78, 5) is 0. The van der Waals surface area contributed by atoms with Crippen molar-refractivity contribution in [2.45, 2.75) is 20.8 Å². The lowest BCUT2D eigenvalue weighted by Gasteiger charge is -2.19. The van der Waals surface area contributed by atoms with Crippen LogP contribution in [0.1, 0.15) is 20.8 Å². The minimum atomic E-state index is 0.152. The normalized spacial score (nSPS) is 19.8. The van der Waals surface area contributed by atoms with Crippen LogP contribution < -0.4 is 5.32 Å². The zero-order valence-corrected chi connectivity index (χ0v) is 8.61. The van der Waals surface area contributed by atoms with Gasteiger partial charge in [0.15, 0.2) is 5.11 Å². The first kappa shape index (κ1) is 9.45. The lowest BCUT2D eigenvalue weighted by Crippen LogP contribution is -2.37. The summed E-state index contributed by atoms with van der Waals surface area (Å²) < 4.78 is 0. The van der Waals surface area contributed by atoms with E-state index in [0.717, 1.165) is 18.2 Å². The zero-order chi connectivity index (χ0) is 9.19. The van der Waals surface area contributed by atoms with Crippen LogP contribution >= 0.6 is 12.2 Å². The predicted molar refractivity (Wildman–Crippen MR) is 55.3 cm³/mol. The summed E-state index contributed by atoms with van der Waals surface area (Å²) in [5.41, 5.74) is 0.152. The Kier molecular flexibility index (Phi) is 2.67. The van der Waals surface area contributed by atoms with Gasteiger partial charge in [-0.1, -0.05) is 13.8 Å². The van der Waals surface area contributed by atoms with E-state index < -0.39 is 0 Å². The van der Waals surface area contributed by atoms with Gasteiger partial charge < -0.3 is 5.32 Å². The van der Waals surface area contributed by atoms with Gasteiger partial charge in [-0.25, -0.2) is 5.01 Å². The topological polar surface area (TPSA) is 27.6 Å². The van der Waals surface area contributed by atoms with E-state index in [2.05, 4.69) is 24.3 Å². The molecule has 1 aliphatic heterocycles. The Morgan fingerprint density at radius 1 is 1.75 bits per heavy atom. The van der Waals surface area contributed by atoms with Gasteiger partial charge in [0, 0.05) is 18.2 Å². The standard InChI is InChI=1S/C8H15N3S/c1-4-9-7(12)11-6-8(2,3)5-10-11/h5H,4,6H2,1-3H3,(H,9,12). The van der Waals surface area contributed by atoms with Gasteiger partial charge in [0.1, 0.15) is 0 Å². The average molecular weight is 185 g/mol. The molecule has 0 aromatic carbocycles. The number of hydrazone groups is 1. The van der Waals surface area contributed by atoms with Crippen LogP contribution in [0.5, 0.6) is 0 Å². The summed E-state index contributed by atoms with van der Waals surface area (Å²) in [6.07, 6.45) is 1.94. The number of hydrogen-bond donors (Lipinski definition) is 1. The highest BCUT2D eigenvalue weighted by Crippen LogP contribution is 2.20. The summed E-state index contributed by atoms with van der Waals surface area (Å²) in [5, 5.41) is 9.83. The fourth-order valence-electron chi connectivity index (χ4n) is 1.06. The molecular formula is C8H15N3S. The molecule has 0 aliphatic carbocycles. The van der Waals surface area contributed by atoms with Crippen LogP contribution in [0, 0.1) is 5.41 Å². The molecular weight excluding hydrogens is 170 g/mol. The number of thiocarbonyl (C=S) groups is 1. The second-order valence-corrected chi connectivity index (χ2v) is 4.01. The molecule has 1 N–H and O–H groups in total. The van der Waals surface area contributed by atoms with Crippen molar-refractivity contribution in [3.05, 3.63) is 0 Å². The lowest BCUT2D eigenvalue weighted by atomic mass is 9.97. The molecule has 0 atom stereocenters. The van der Waals surface area contributed by atoms with Crippen molar-refractivity contribution >= 4 is 23.5 Å². The van der Waals surface area contributed by atoms with Crippen molar-refractivity contribution < 1.29 is 0 Å². The SMILES string of the molecule is CCNC(=S)N1CC(C)(C)C=N1. The number of nitrogens with one attached hydrogen (secondary N) is 1. The van der Waals surface area contributed by atoms with Crippen LogP contribution in [0.3, 0.4) is 0 Å². The van der Waals surface area contributed by atoms with Crippen LogP contribution in [-0.2, 0) is 0 Å². The molecule has 1 rings (SSSR count). The molecule has 0 unspecified atom stereocenters. The Labute approximate surface area is 78.8 Å². The number of hydrogen-bond acceptors (Lipinski definition) is 2. The van der Waals surface area contributed by atoms with Crippen molar-refractivity contribution in [1.82, 2.24) is 10.3 Å². The fraction of sp³-hybridized carbons (Fsp3) is 0.750. The summed E-state index contributed by atoms with van der Waals surface area (Å²) >= 11 is 5.12. The van der Waals surface area contributed by atoms with E-state index >= 15 is 0 Å². The second-order valence-electron chi connectivity index (χ2n) is 3.63. The first-order chi connectivity index (χ1) is 5.55. The van der Waals surface area contributed by atoms with E-state index in [1.807, 2.05) is 18.1 Å². The predicted octanol–water partition coefficient (Wildman–Crippen LogP) is 1.21. The Morgan fingerprint density at radius 2 is 2.42 bits per heavy atom. The lowest BCUT2D eigenvalue weighted by molar-refractivity contribution is 0.382. The molecule has 0 saturated heterocycles. The van der Waals surface area contributed by atoms with Gasteiger partial charge in [0.05, 0.1) is 6.54 Å². The van der Waals surface area contributed by atoms with Crippen molar-refractivity contribution in [2.24, 2.45) is 10.5 Å². The van der Waals surface area contributed by atoms with E-state index in [4.69, 9.17) is 12.2 Å². The summed E-state index contributed by atoms with van der Waals surface area (Å²) in [5.74, 6) is 0. The van der Waals surface area contributed by atoms with Gasteiger partial charge in [0.2, 0.25) is 0 Å². The molecule has 0 fully saturated rings. The minimum absolute atomic E-state index is 0.152. The molecule has 1 heterocycles. The van der Waals surface area contributed by atoms with Crippen LogP contribution in [0.2, 0.25) is 0 Å². The maximum atomic E-state index is 5.12. The van der Waals surface area contributed by atoms with Crippen LogP contribution in [0.25, 0.3) is 0 Å². The van der Waals surface area contributed by atoms with E-state index in [1.165, 1.54) is 0 Å². The maximum absolute atomic E-state index is 5.12. The Morgan fingerprint density at radius 3 is 2.83 bits per heavy atom. The molecule has 68 valence electrons. The molecule has 0 spiro atoms. The molecule has 0 bridgehead atoms. The molecule has 0 aromatic heterocycles. The van der Waals surface area contributed by atoms with Gasteiger partial charge in [-0.3, -0.25) is 0 Å². The van der Waals surface area contributed by atoms with E-state index in [1.54, 1.807) is 0 Å². The Bertz CT molecular complexity index is 210. The van der Waals surface area contributed by atoms with Crippen LogP contribution in [0.15, 0.2) is 5.10 Å². The number of rotatable bonds is 1. The third kappa shape index (κ3) is 2.17. The molecule has 0 saturated carbocycles.